The van der Waals surface area contributed by atoms with Crippen LogP contribution in [0.1, 0.15) is 0 Å². The standard InChI is InChI=1S/C24H21BP/c1-5-13-21(14-6-1)25-26(22-15-7-2-8-16-22,23-17-9-3-10-18-23)24-19-11-4-12-20-24/h2-20,25-26H. The van der Waals surface area contributed by atoms with Gasteiger partial charge in [0.25, 0.3) is 0 Å². The first kappa shape index (κ1) is 16.8. The molecule has 0 nitrogen and oxygen atoms in total. The van der Waals surface area contributed by atoms with Gasteiger partial charge in [-0.25, -0.2) is 0 Å². The molecule has 0 atom stereocenters. The van der Waals surface area contributed by atoms with Crippen LogP contribution in [0.5, 0.6) is 0 Å². The average molecular weight is 351 g/mol. The first-order valence-corrected chi connectivity index (χ1v) is 11.2. The minimum absolute atomic E-state index is 1.04. The fourth-order valence-corrected chi connectivity index (χ4v) is 8.56. The predicted octanol–water partition coefficient (Wildman–Crippen LogP) is 3.19. The van der Waals surface area contributed by atoms with Crippen LogP contribution in [0.2, 0.25) is 0 Å². The Bertz CT molecular complexity index is 842. The van der Waals surface area contributed by atoms with Gasteiger partial charge in [-0.05, 0) is 0 Å². The predicted molar refractivity (Wildman–Crippen MR) is 119 cm³/mol. The summed E-state index contributed by atoms with van der Waals surface area (Å²) < 4.78 is 0. The van der Waals surface area contributed by atoms with Crippen molar-refractivity contribution in [2.45, 2.75) is 0 Å². The van der Waals surface area contributed by atoms with E-state index in [0.717, 1.165) is 7.00 Å². The molecule has 0 spiro atoms. The van der Waals surface area contributed by atoms with E-state index in [2.05, 4.69) is 109 Å². The van der Waals surface area contributed by atoms with E-state index in [4.69, 9.17) is 0 Å². The molecule has 0 unspecified atom stereocenters. The maximum absolute atomic E-state index is 3.15. The quantitative estimate of drug-likeness (QED) is 0.383. The fourth-order valence-electron chi connectivity index (χ4n) is 3.82. The molecule has 0 saturated heterocycles. The summed E-state index contributed by atoms with van der Waals surface area (Å²) in [6.07, 6.45) is 0. The summed E-state index contributed by atoms with van der Waals surface area (Å²) in [5, 5.41) is 4.35. The molecule has 0 N–H and O–H groups in total. The molecule has 1 radical (unpaired) electrons. The summed E-state index contributed by atoms with van der Waals surface area (Å²) in [6, 6.07) is 44.8. The van der Waals surface area contributed by atoms with Crippen LogP contribution >= 0.6 is 7.14 Å². The van der Waals surface area contributed by atoms with Gasteiger partial charge in [-0.15, -0.1) is 0 Å². The average Bonchev–Trinajstić information content (AvgIpc) is 2.75. The van der Waals surface area contributed by atoms with Crippen LogP contribution in [-0.2, 0) is 0 Å². The molecule has 4 aromatic carbocycles. The van der Waals surface area contributed by atoms with Crippen molar-refractivity contribution in [1.82, 2.24) is 0 Å². The summed E-state index contributed by atoms with van der Waals surface area (Å²) in [5.74, 6) is 0. The molecular weight excluding hydrogens is 330 g/mol. The van der Waals surface area contributed by atoms with Crippen LogP contribution in [0.4, 0.5) is 0 Å². The summed E-state index contributed by atoms with van der Waals surface area (Å²) in [6.45, 7) is 1.04. The third-order valence-corrected chi connectivity index (χ3v) is 9.95. The Kier molecular flexibility index (Phi) is 5.00. The summed E-state index contributed by atoms with van der Waals surface area (Å²) in [5.41, 5.74) is 1.37. The number of rotatable bonds is 5. The Morgan fingerprint density at radius 1 is 0.500 bits per heavy atom. The number of benzene rings is 4. The molecule has 0 heterocycles. The van der Waals surface area contributed by atoms with Gasteiger partial charge in [-0.2, -0.15) is 0 Å². The van der Waals surface area contributed by atoms with Crippen molar-refractivity contribution in [3.05, 3.63) is 121 Å². The van der Waals surface area contributed by atoms with Crippen LogP contribution in [-0.4, -0.2) is 7.00 Å². The van der Waals surface area contributed by atoms with E-state index >= 15 is 0 Å². The molecule has 0 fully saturated rings. The molecule has 0 aromatic heterocycles. The molecule has 0 saturated carbocycles. The van der Waals surface area contributed by atoms with Crippen molar-refractivity contribution < 1.29 is 0 Å². The van der Waals surface area contributed by atoms with Crippen LogP contribution < -0.4 is 21.4 Å². The van der Waals surface area contributed by atoms with Crippen molar-refractivity contribution in [1.29, 1.82) is 0 Å². The molecule has 4 aromatic rings. The van der Waals surface area contributed by atoms with Crippen molar-refractivity contribution in [2.75, 3.05) is 0 Å². The second kappa shape index (κ2) is 7.73. The van der Waals surface area contributed by atoms with Gasteiger partial charge in [0.2, 0.25) is 0 Å². The molecule has 0 aliphatic rings. The van der Waals surface area contributed by atoms with Gasteiger partial charge in [-0.1, -0.05) is 0 Å². The van der Waals surface area contributed by atoms with Gasteiger partial charge in [0.15, 0.2) is 0 Å². The zero-order chi connectivity index (χ0) is 17.7. The fraction of sp³-hybridized carbons (Fsp3) is 0. The third kappa shape index (κ3) is 3.23. The van der Waals surface area contributed by atoms with Crippen molar-refractivity contribution in [3.63, 3.8) is 0 Å². The van der Waals surface area contributed by atoms with E-state index in [1.807, 2.05) is 12.1 Å². The molecule has 0 bridgehead atoms. The topological polar surface area (TPSA) is 0 Å². The first-order valence-electron chi connectivity index (χ1n) is 9.01. The SMILES string of the molecule is B(c1cc[c]cc1)[PH](c1ccccc1)(c1ccccc1)c1ccccc1. The Hall–Kier alpha value is -2.63. The summed E-state index contributed by atoms with van der Waals surface area (Å²) in [7, 11) is -2.18. The maximum atomic E-state index is 3.15. The molecule has 0 aliphatic carbocycles. The van der Waals surface area contributed by atoms with Gasteiger partial charge in [0, 0.05) is 0 Å². The Labute approximate surface area is 157 Å². The first-order chi connectivity index (χ1) is 12.9. The van der Waals surface area contributed by atoms with E-state index in [1.165, 1.54) is 21.4 Å². The molecule has 125 valence electrons. The van der Waals surface area contributed by atoms with E-state index in [0.29, 0.717) is 0 Å². The van der Waals surface area contributed by atoms with Crippen LogP contribution in [0, 0.1) is 6.07 Å². The Morgan fingerprint density at radius 3 is 1.27 bits per heavy atom. The van der Waals surface area contributed by atoms with Crippen LogP contribution in [0.3, 0.4) is 0 Å². The molecular formula is C24H21BP. The third-order valence-electron chi connectivity index (χ3n) is 5.06. The van der Waals surface area contributed by atoms with Crippen LogP contribution in [0.25, 0.3) is 0 Å². The monoisotopic (exact) mass is 351 g/mol. The van der Waals surface area contributed by atoms with E-state index in [-0.39, 0.29) is 0 Å². The summed E-state index contributed by atoms with van der Waals surface area (Å²) in [4.78, 5) is 0. The van der Waals surface area contributed by atoms with E-state index < -0.39 is 7.14 Å². The Morgan fingerprint density at radius 2 is 0.885 bits per heavy atom. The molecule has 0 aliphatic heterocycles. The van der Waals surface area contributed by atoms with E-state index in [9.17, 15) is 0 Å². The molecule has 0 amide bonds. The zero-order valence-corrected chi connectivity index (χ0v) is 15.7. The molecule has 2 heteroatoms. The molecule has 4 rings (SSSR count). The zero-order valence-electron chi connectivity index (χ0n) is 14.7. The Balaban J connectivity index is 2.00. The van der Waals surface area contributed by atoms with Gasteiger partial charge in [0.05, 0.1) is 0 Å². The summed E-state index contributed by atoms with van der Waals surface area (Å²) >= 11 is 0. The van der Waals surface area contributed by atoms with Crippen molar-refractivity contribution in [3.8, 4) is 0 Å². The van der Waals surface area contributed by atoms with E-state index in [1.54, 1.807) is 0 Å². The second-order valence-corrected chi connectivity index (χ2v) is 10.5. The van der Waals surface area contributed by atoms with Crippen molar-refractivity contribution >= 4 is 35.5 Å². The van der Waals surface area contributed by atoms with Gasteiger partial charge in [0.1, 0.15) is 0 Å². The second-order valence-electron chi connectivity index (χ2n) is 6.59. The van der Waals surface area contributed by atoms with Gasteiger partial charge >= 0.3 is 157 Å². The van der Waals surface area contributed by atoms with Crippen molar-refractivity contribution in [2.24, 2.45) is 0 Å². The minimum atomic E-state index is -2.18. The van der Waals surface area contributed by atoms with Gasteiger partial charge < -0.3 is 0 Å². The molecule has 26 heavy (non-hydrogen) atoms. The normalized spacial score (nSPS) is 11.7. The van der Waals surface area contributed by atoms with Crippen LogP contribution in [0.15, 0.2) is 115 Å². The number of hydrogen-bond acceptors (Lipinski definition) is 0. The number of hydrogen-bond donors (Lipinski definition) is 0. The van der Waals surface area contributed by atoms with Gasteiger partial charge in [-0.3, -0.25) is 0 Å².